The van der Waals surface area contributed by atoms with Gasteiger partial charge in [-0.25, -0.2) is 4.79 Å². The van der Waals surface area contributed by atoms with Crippen molar-refractivity contribution in [2.45, 2.75) is 6.42 Å². The number of carbonyl (C=O) groups is 1. The largest absolute Gasteiger partial charge is 0.462 e. The van der Waals surface area contributed by atoms with Crippen molar-refractivity contribution in [3.8, 4) is 0 Å². The van der Waals surface area contributed by atoms with E-state index >= 15 is 0 Å². The van der Waals surface area contributed by atoms with Gasteiger partial charge in [-0.2, -0.15) is 0 Å². The lowest BCUT2D eigenvalue weighted by Crippen LogP contribution is -2.08. The Balaban J connectivity index is 2.16. The molecule has 4 heteroatoms. The number of rotatable bonds is 6. The summed E-state index contributed by atoms with van der Waals surface area (Å²) in [6.45, 7) is 4.43. The van der Waals surface area contributed by atoms with E-state index in [1.165, 1.54) is 0 Å². The Bertz CT molecular complexity index is 364. The van der Waals surface area contributed by atoms with E-state index in [1.54, 1.807) is 0 Å². The lowest BCUT2D eigenvalue weighted by atomic mass is 10.3. The molecule has 0 atom stereocenters. The van der Waals surface area contributed by atoms with Crippen LogP contribution in [0.3, 0.4) is 0 Å². The molecular weight excluding hydrogens is 204 g/mol. The summed E-state index contributed by atoms with van der Waals surface area (Å²) < 4.78 is 4.83. The SMILES string of the molecule is C=CC(=O)OCCCNc1cccc(N)c1. The lowest BCUT2D eigenvalue weighted by Gasteiger charge is -2.06. The van der Waals surface area contributed by atoms with Gasteiger partial charge >= 0.3 is 5.97 Å². The molecule has 0 aliphatic rings. The minimum Gasteiger partial charge on any atom is -0.462 e. The fourth-order valence-electron chi connectivity index (χ4n) is 1.19. The molecule has 0 saturated carbocycles. The summed E-state index contributed by atoms with van der Waals surface area (Å²) in [6.07, 6.45) is 1.90. The molecule has 0 amide bonds. The standard InChI is InChI=1S/C12H16N2O2/c1-2-12(15)16-8-4-7-14-11-6-3-5-10(13)9-11/h2-3,5-6,9,14H,1,4,7-8,13H2. The van der Waals surface area contributed by atoms with Crippen molar-refractivity contribution in [1.29, 1.82) is 0 Å². The summed E-state index contributed by atoms with van der Waals surface area (Å²) in [4.78, 5) is 10.7. The number of anilines is 2. The van der Waals surface area contributed by atoms with Crippen molar-refractivity contribution in [3.63, 3.8) is 0 Å². The van der Waals surface area contributed by atoms with Crippen molar-refractivity contribution in [2.24, 2.45) is 0 Å². The molecule has 0 saturated heterocycles. The average Bonchev–Trinajstić information content (AvgIpc) is 2.28. The second kappa shape index (κ2) is 6.50. The summed E-state index contributed by atoms with van der Waals surface area (Å²) in [5.74, 6) is -0.385. The molecule has 3 N–H and O–H groups in total. The highest BCUT2D eigenvalue weighted by atomic mass is 16.5. The zero-order valence-electron chi connectivity index (χ0n) is 9.11. The first-order valence-electron chi connectivity index (χ1n) is 5.11. The van der Waals surface area contributed by atoms with E-state index in [1.807, 2.05) is 24.3 Å². The highest BCUT2D eigenvalue weighted by Gasteiger charge is 1.95. The first kappa shape index (κ1) is 12.1. The average molecular weight is 220 g/mol. The molecule has 0 spiro atoms. The summed E-state index contributed by atoms with van der Waals surface area (Å²) in [6, 6.07) is 7.51. The fourth-order valence-corrected chi connectivity index (χ4v) is 1.19. The van der Waals surface area contributed by atoms with Crippen LogP contribution in [0.15, 0.2) is 36.9 Å². The maximum absolute atomic E-state index is 10.7. The molecule has 0 bridgehead atoms. The fraction of sp³-hybridized carbons (Fsp3) is 0.250. The van der Waals surface area contributed by atoms with E-state index < -0.39 is 0 Å². The first-order chi connectivity index (χ1) is 7.72. The maximum Gasteiger partial charge on any atom is 0.330 e. The number of hydrogen-bond donors (Lipinski definition) is 2. The Hall–Kier alpha value is -1.97. The molecule has 86 valence electrons. The van der Waals surface area contributed by atoms with Crippen LogP contribution in [-0.2, 0) is 9.53 Å². The number of esters is 1. The number of hydrogen-bond acceptors (Lipinski definition) is 4. The van der Waals surface area contributed by atoms with E-state index in [9.17, 15) is 4.79 Å². The molecule has 0 heterocycles. The molecule has 0 aromatic heterocycles. The highest BCUT2D eigenvalue weighted by molar-refractivity contribution is 5.81. The molecule has 1 rings (SSSR count). The number of nitrogens with one attached hydrogen (secondary N) is 1. The van der Waals surface area contributed by atoms with Crippen molar-refractivity contribution in [3.05, 3.63) is 36.9 Å². The van der Waals surface area contributed by atoms with Gasteiger partial charge < -0.3 is 15.8 Å². The third-order valence-electron chi connectivity index (χ3n) is 1.95. The quantitative estimate of drug-likeness (QED) is 0.332. The van der Waals surface area contributed by atoms with Crippen LogP contribution in [0.2, 0.25) is 0 Å². The molecule has 1 aromatic carbocycles. The Labute approximate surface area is 95.1 Å². The Morgan fingerprint density at radius 3 is 3.06 bits per heavy atom. The van der Waals surface area contributed by atoms with Crippen LogP contribution in [0.4, 0.5) is 11.4 Å². The lowest BCUT2D eigenvalue weighted by molar-refractivity contribution is -0.137. The Morgan fingerprint density at radius 2 is 2.38 bits per heavy atom. The predicted octanol–water partition coefficient (Wildman–Crippen LogP) is 1.80. The zero-order valence-corrected chi connectivity index (χ0v) is 9.11. The van der Waals surface area contributed by atoms with E-state index in [-0.39, 0.29) is 5.97 Å². The van der Waals surface area contributed by atoms with Gasteiger partial charge in [-0.15, -0.1) is 0 Å². The molecule has 4 nitrogen and oxygen atoms in total. The molecule has 0 fully saturated rings. The van der Waals surface area contributed by atoms with E-state index in [2.05, 4.69) is 11.9 Å². The van der Waals surface area contributed by atoms with Crippen LogP contribution >= 0.6 is 0 Å². The molecule has 1 aromatic rings. The predicted molar refractivity (Wildman–Crippen MR) is 65.1 cm³/mol. The van der Waals surface area contributed by atoms with Crippen LogP contribution < -0.4 is 11.1 Å². The molecule has 0 unspecified atom stereocenters. The van der Waals surface area contributed by atoms with Crippen LogP contribution in [0.25, 0.3) is 0 Å². The van der Waals surface area contributed by atoms with Gasteiger partial charge in [-0.05, 0) is 24.6 Å². The minimum atomic E-state index is -0.385. The Kier molecular flexibility index (Phi) is 4.92. The summed E-state index contributed by atoms with van der Waals surface area (Å²) in [7, 11) is 0. The van der Waals surface area contributed by atoms with Gasteiger partial charge in [-0.3, -0.25) is 0 Å². The molecule has 0 radical (unpaired) electrons. The van der Waals surface area contributed by atoms with Crippen LogP contribution in [0.1, 0.15) is 6.42 Å². The van der Waals surface area contributed by atoms with Crippen LogP contribution in [0.5, 0.6) is 0 Å². The third kappa shape index (κ3) is 4.50. The molecule has 0 aliphatic carbocycles. The number of benzene rings is 1. The third-order valence-corrected chi connectivity index (χ3v) is 1.95. The van der Waals surface area contributed by atoms with E-state index in [4.69, 9.17) is 10.5 Å². The molecule has 16 heavy (non-hydrogen) atoms. The Morgan fingerprint density at radius 1 is 1.56 bits per heavy atom. The molecule has 0 aliphatic heterocycles. The zero-order chi connectivity index (χ0) is 11.8. The van der Waals surface area contributed by atoms with Crippen molar-refractivity contribution < 1.29 is 9.53 Å². The highest BCUT2D eigenvalue weighted by Crippen LogP contribution is 2.11. The van der Waals surface area contributed by atoms with Gasteiger partial charge in [0.2, 0.25) is 0 Å². The summed E-state index contributed by atoms with van der Waals surface area (Å²) in [5.41, 5.74) is 7.32. The van der Waals surface area contributed by atoms with Gasteiger partial charge in [0, 0.05) is 24.0 Å². The summed E-state index contributed by atoms with van der Waals surface area (Å²) >= 11 is 0. The topological polar surface area (TPSA) is 64.3 Å². The number of nitrogen functional groups attached to an aromatic ring is 1. The normalized spacial score (nSPS) is 9.50. The van der Waals surface area contributed by atoms with Gasteiger partial charge in [0.05, 0.1) is 6.61 Å². The van der Waals surface area contributed by atoms with Gasteiger partial charge in [-0.1, -0.05) is 12.6 Å². The van der Waals surface area contributed by atoms with E-state index in [0.29, 0.717) is 6.61 Å². The van der Waals surface area contributed by atoms with Crippen LogP contribution in [0, 0.1) is 0 Å². The van der Waals surface area contributed by atoms with Crippen LogP contribution in [-0.4, -0.2) is 19.1 Å². The van der Waals surface area contributed by atoms with Crippen molar-refractivity contribution >= 4 is 17.3 Å². The maximum atomic E-state index is 10.7. The second-order valence-electron chi connectivity index (χ2n) is 3.28. The van der Waals surface area contributed by atoms with Gasteiger partial charge in [0.15, 0.2) is 0 Å². The van der Waals surface area contributed by atoms with Gasteiger partial charge in [0.25, 0.3) is 0 Å². The second-order valence-corrected chi connectivity index (χ2v) is 3.28. The van der Waals surface area contributed by atoms with Crippen molar-refractivity contribution in [1.82, 2.24) is 0 Å². The number of carbonyl (C=O) groups excluding carboxylic acids is 1. The monoisotopic (exact) mass is 220 g/mol. The first-order valence-corrected chi connectivity index (χ1v) is 5.11. The number of nitrogens with two attached hydrogens (primary N) is 1. The van der Waals surface area contributed by atoms with E-state index in [0.717, 1.165) is 30.4 Å². The number of ether oxygens (including phenoxy) is 1. The smallest absolute Gasteiger partial charge is 0.330 e. The van der Waals surface area contributed by atoms with Crippen molar-refractivity contribution in [2.75, 3.05) is 24.2 Å². The minimum absolute atomic E-state index is 0.385. The summed E-state index contributed by atoms with van der Waals surface area (Å²) in [5, 5.41) is 3.18. The van der Waals surface area contributed by atoms with Gasteiger partial charge in [0.1, 0.15) is 0 Å². The molecular formula is C12H16N2O2.